The third-order valence-corrected chi connectivity index (χ3v) is 5.06. The van der Waals surface area contributed by atoms with Crippen LogP contribution in [0.15, 0.2) is 53.4 Å². The number of hydrogen-bond acceptors (Lipinski definition) is 5. The lowest BCUT2D eigenvalue weighted by Gasteiger charge is -2.08. The van der Waals surface area contributed by atoms with Gasteiger partial charge in [0.25, 0.3) is 5.69 Å². The minimum Gasteiger partial charge on any atom is -0.376 e. The van der Waals surface area contributed by atoms with Crippen molar-refractivity contribution in [3.8, 4) is 0 Å². The van der Waals surface area contributed by atoms with Crippen LogP contribution in [0.25, 0.3) is 0 Å². The van der Waals surface area contributed by atoms with Crippen LogP contribution in [0, 0.1) is 10.1 Å². The number of anilines is 1. The van der Waals surface area contributed by atoms with Gasteiger partial charge in [0, 0.05) is 24.3 Å². The van der Waals surface area contributed by atoms with Crippen LogP contribution in [-0.4, -0.2) is 25.6 Å². The molecule has 0 spiro atoms. The van der Waals surface area contributed by atoms with Gasteiger partial charge in [-0.15, -0.1) is 0 Å². The molecule has 3 rings (SSSR count). The van der Waals surface area contributed by atoms with E-state index in [1.54, 1.807) is 0 Å². The topological polar surface area (TPSA) is 89.3 Å². The van der Waals surface area contributed by atoms with Crippen molar-refractivity contribution in [2.45, 2.75) is 23.3 Å². The summed E-state index contributed by atoms with van der Waals surface area (Å²) in [4.78, 5) is 10.6. The van der Waals surface area contributed by atoms with Crippen molar-refractivity contribution in [2.24, 2.45) is 0 Å². The number of nitro benzene ring substituents is 1. The van der Waals surface area contributed by atoms with Gasteiger partial charge in [-0.25, -0.2) is 8.42 Å². The van der Waals surface area contributed by atoms with E-state index in [1.807, 2.05) is 30.3 Å². The average Bonchev–Trinajstić information content (AvgIpc) is 3.26. The van der Waals surface area contributed by atoms with Crippen LogP contribution in [0.3, 0.4) is 0 Å². The third kappa shape index (κ3) is 3.34. The highest BCUT2D eigenvalue weighted by Gasteiger charge is 2.39. The molecule has 1 N–H and O–H groups in total. The van der Waals surface area contributed by atoms with Crippen molar-refractivity contribution in [1.82, 2.24) is 0 Å². The monoisotopic (exact) mass is 332 g/mol. The maximum absolute atomic E-state index is 11.5. The first kappa shape index (κ1) is 15.5. The van der Waals surface area contributed by atoms with Crippen LogP contribution in [0.1, 0.15) is 17.9 Å². The fraction of sp³-hybridized carbons (Fsp3) is 0.250. The highest BCUT2D eigenvalue weighted by Crippen LogP contribution is 2.44. The zero-order valence-electron chi connectivity index (χ0n) is 12.5. The molecule has 6 nitrogen and oxygen atoms in total. The van der Waals surface area contributed by atoms with Crippen LogP contribution in [0.2, 0.25) is 0 Å². The largest absolute Gasteiger partial charge is 0.376 e. The average molecular weight is 332 g/mol. The molecule has 2 atom stereocenters. The Labute approximate surface area is 134 Å². The molecule has 1 fully saturated rings. The number of nitrogens with one attached hydrogen (secondary N) is 1. The summed E-state index contributed by atoms with van der Waals surface area (Å²) in [5, 5.41) is 14.4. The predicted octanol–water partition coefficient (Wildman–Crippen LogP) is 2.97. The summed E-state index contributed by atoms with van der Waals surface area (Å²) in [6.07, 6.45) is 1.93. The summed E-state index contributed by atoms with van der Waals surface area (Å²) in [5.41, 5.74) is 1.33. The van der Waals surface area contributed by atoms with Crippen molar-refractivity contribution in [1.29, 1.82) is 0 Å². The maximum atomic E-state index is 11.5. The van der Waals surface area contributed by atoms with E-state index in [4.69, 9.17) is 0 Å². The highest BCUT2D eigenvalue weighted by atomic mass is 32.2. The van der Waals surface area contributed by atoms with E-state index in [9.17, 15) is 18.5 Å². The Kier molecular flexibility index (Phi) is 3.81. The van der Waals surface area contributed by atoms with Crippen molar-refractivity contribution in [2.75, 3.05) is 11.6 Å². The van der Waals surface area contributed by atoms with Crippen molar-refractivity contribution in [3.05, 3.63) is 64.2 Å². The Morgan fingerprint density at radius 2 is 1.87 bits per heavy atom. The zero-order valence-corrected chi connectivity index (χ0v) is 13.3. The van der Waals surface area contributed by atoms with Gasteiger partial charge < -0.3 is 5.32 Å². The second-order valence-corrected chi connectivity index (χ2v) is 7.73. The molecule has 7 heteroatoms. The first-order valence-electron chi connectivity index (χ1n) is 7.16. The van der Waals surface area contributed by atoms with Gasteiger partial charge in [-0.05, 0) is 24.1 Å². The Balaban J connectivity index is 1.83. The second-order valence-electron chi connectivity index (χ2n) is 5.71. The Bertz CT molecular complexity index is 850. The minimum atomic E-state index is -3.47. The van der Waals surface area contributed by atoms with E-state index in [2.05, 4.69) is 5.32 Å². The molecule has 0 radical (unpaired) electrons. The molecule has 0 bridgehead atoms. The molecule has 1 aliphatic rings. The first-order valence-corrected chi connectivity index (χ1v) is 9.05. The summed E-state index contributed by atoms with van der Waals surface area (Å²) in [7, 11) is -3.47. The molecule has 1 saturated carbocycles. The van der Waals surface area contributed by atoms with Crippen molar-refractivity contribution >= 4 is 21.2 Å². The molecule has 0 aliphatic heterocycles. The van der Waals surface area contributed by atoms with Crippen LogP contribution < -0.4 is 5.32 Å². The van der Waals surface area contributed by atoms with Crippen LogP contribution in [0.5, 0.6) is 0 Å². The number of rotatable bonds is 5. The summed E-state index contributed by atoms with van der Waals surface area (Å²) in [6, 6.07) is 14.0. The van der Waals surface area contributed by atoms with Gasteiger partial charge in [-0.1, -0.05) is 30.3 Å². The molecule has 2 aromatic carbocycles. The van der Waals surface area contributed by atoms with Crippen molar-refractivity contribution in [3.63, 3.8) is 0 Å². The quantitative estimate of drug-likeness (QED) is 0.671. The summed E-state index contributed by atoms with van der Waals surface area (Å²) in [5.74, 6) is 0.324. The fourth-order valence-corrected chi connectivity index (χ4v) is 3.28. The van der Waals surface area contributed by atoms with Gasteiger partial charge in [0.1, 0.15) is 5.69 Å². The normalized spacial score (nSPS) is 20.0. The lowest BCUT2D eigenvalue weighted by atomic mass is 10.1. The Morgan fingerprint density at radius 1 is 1.17 bits per heavy atom. The molecular weight excluding hydrogens is 316 g/mol. The smallest absolute Gasteiger partial charge is 0.293 e. The van der Waals surface area contributed by atoms with Crippen LogP contribution >= 0.6 is 0 Å². The first-order chi connectivity index (χ1) is 10.9. The number of nitrogens with zero attached hydrogens (tertiary/aromatic N) is 1. The van der Waals surface area contributed by atoms with E-state index < -0.39 is 14.8 Å². The number of nitro groups is 1. The highest BCUT2D eigenvalue weighted by molar-refractivity contribution is 7.90. The number of benzene rings is 2. The van der Waals surface area contributed by atoms with E-state index >= 15 is 0 Å². The molecule has 0 heterocycles. The summed E-state index contributed by atoms with van der Waals surface area (Å²) < 4.78 is 23.1. The maximum Gasteiger partial charge on any atom is 0.293 e. The summed E-state index contributed by atoms with van der Waals surface area (Å²) in [6.45, 7) is 0. The van der Waals surface area contributed by atoms with Crippen molar-refractivity contribution < 1.29 is 13.3 Å². The SMILES string of the molecule is CS(=O)(=O)c1ccc(NC2CC2c2ccccc2)c([N+](=O)[O-])c1. The Morgan fingerprint density at radius 3 is 2.48 bits per heavy atom. The molecule has 1 aliphatic carbocycles. The molecule has 0 saturated heterocycles. The number of sulfone groups is 1. The molecule has 2 unspecified atom stereocenters. The van der Waals surface area contributed by atoms with E-state index in [0.29, 0.717) is 11.6 Å². The molecular formula is C16H16N2O4S. The van der Waals surface area contributed by atoms with Crippen LogP contribution in [0.4, 0.5) is 11.4 Å². The molecule has 0 aromatic heterocycles. The minimum absolute atomic E-state index is 0.0508. The van der Waals surface area contributed by atoms with Gasteiger partial charge in [0.05, 0.1) is 9.82 Å². The summed E-state index contributed by atoms with van der Waals surface area (Å²) >= 11 is 0. The molecule has 120 valence electrons. The Hall–Kier alpha value is -2.41. The number of hydrogen-bond donors (Lipinski definition) is 1. The second kappa shape index (κ2) is 5.66. The van der Waals surface area contributed by atoms with Crippen LogP contribution in [-0.2, 0) is 9.84 Å². The standard InChI is InChI=1S/C16H16N2O4S/c1-23(21,22)12-7-8-14(16(9-12)18(19)20)17-15-10-13(15)11-5-3-2-4-6-11/h2-9,13,15,17H,10H2,1H3. The third-order valence-electron chi connectivity index (χ3n) is 3.95. The zero-order chi connectivity index (χ0) is 16.6. The lowest BCUT2D eigenvalue weighted by Crippen LogP contribution is -2.08. The predicted molar refractivity (Wildman–Crippen MR) is 87.4 cm³/mol. The molecule has 0 amide bonds. The van der Waals surface area contributed by atoms with E-state index in [-0.39, 0.29) is 16.6 Å². The van der Waals surface area contributed by atoms with E-state index in [1.165, 1.54) is 17.7 Å². The van der Waals surface area contributed by atoms with Gasteiger partial charge in [-0.3, -0.25) is 10.1 Å². The fourth-order valence-electron chi connectivity index (χ4n) is 2.64. The lowest BCUT2D eigenvalue weighted by molar-refractivity contribution is -0.384. The van der Waals surface area contributed by atoms with Gasteiger partial charge in [0.2, 0.25) is 0 Å². The molecule has 23 heavy (non-hydrogen) atoms. The van der Waals surface area contributed by atoms with Gasteiger partial charge in [-0.2, -0.15) is 0 Å². The van der Waals surface area contributed by atoms with Gasteiger partial charge in [0.15, 0.2) is 9.84 Å². The van der Waals surface area contributed by atoms with E-state index in [0.717, 1.165) is 18.7 Å². The molecule has 2 aromatic rings. The van der Waals surface area contributed by atoms with Gasteiger partial charge >= 0.3 is 0 Å².